The van der Waals surface area contributed by atoms with Crippen molar-refractivity contribution in [1.29, 1.82) is 0 Å². The van der Waals surface area contributed by atoms with Gasteiger partial charge >= 0.3 is 0 Å². The summed E-state index contributed by atoms with van der Waals surface area (Å²) in [5.74, 6) is 0. The molecule has 1 unspecified atom stereocenters. The van der Waals surface area contributed by atoms with Crippen molar-refractivity contribution in [3.05, 3.63) is 65.7 Å². The summed E-state index contributed by atoms with van der Waals surface area (Å²) >= 11 is 0. The quantitative estimate of drug-likeness (QED) is 0.402. The summed E-state index contributed by atoms with van der Waals surface area (Å²) in [7, 11) is -1.32. The zero-order chi connectivity index (χ0) is 25.7. The molecule has 37 heavy (non-hydrogen) atoms. The summed E-state index contributed by atoms with van der Waals surface area (Å²) in [4.78, 5) is 9.35. The van der Waals surface area contributed by atoms with Crippen LogP contribution in [0, 0.1) is 0 Å². The Labute approximate surface area is 216 Å². The smallest absolute Gasteiger partial charge is 0.300 e. The van der Waals surface area contributed by atoms with E-state index in [2.05, 4.69) is 33.2 Å². The maximum atomic E-state index is 12.5. The Kier molecular flexibility index (Phi) is 5.94. The van der Waals surface area contributed by atoms with Gasteiger partial charge in [0.05, 0.1) is 11.0 Å². The van der Waals surface area contributed by atoms with Crippen LogP contribution in [0.25, 0.3) is 22.2 Å². The number of aliphatic hydroxyl groups is 1. The van der Waals surface area contributed by atoms with E-state index in [-0.39, 0.29) is 11.0 Å². The standard InChI is InChI=1S/C28H30N4O4S/c1-31-10-12-32(13-11-31)21-15-20(16-22(17-21)37(2,34)35)29-28-30-25-5-3-4-24(27(25)36-28)19-6-8-23-18(14-19)7-9-26(23)33/h3-6,8,14-17,26,33H,7,9-13H2,1-2H3,(H,29,30). The van der Waals surface area contributed by atoms with Gasteiger partial charge < -0.3 is 24.6 Å². The molecule has 1 aliphatic heterocycles. The van der Waals surface area contributed by atoms with Gasteiger partial charge in [-0.05, 0) is 60.8 Å². The van der Waals surface area contributed by atoms with Gasteiger partial charge in [0.2, 0.25) is 0 Å². The van der Waals surface area contributed by atoms with E-state index < -0.39 is 9.84 Å². The fourth-order valence-corrected chi connectivity index (χ4v) is 5.91. The Hall–Kier alpha value is -3.40. The van der Waals surface area contributed by atoms with E-state index in [9.17, 15) is 13.5 Å². The van der Waals surface area contributed by atoms with Crippen LogP contribution in [0.5, 0.6) is 0 Å². The number of oxazole rings is 1. The summed E-state index contributed by atoms with van der Waals surface area (Å²) in [6, 6.07) is 17.6. The molecule has 8 nitrogen and oxygen atoms in total. The van der Waals surface area contributed by atoms with Gasteiger partial charge in [-0.3, -0.25) is 0 Å². The second-order valence-electron chi connectivity index (χ2n) is 10.0. The molecule has 1 aliphatic carbocycles. The van der Waals surface area contributed by atoms with Gasteiger partial charge in [-0.15, -0.1) is 0 Å². The van der Waals surface area contributed by atoms with Crippen LogP contribution < -0.4 is 10.2 Å². The molecule has 0 radical (unpaired) electrons. The van der Waals surface area contributed by atoms with Crippen molar-refractivity contribution in [3.8, 4) is 11.1 Å². The van der Waals surface area contributed by atoms with Gasteiger partial charge in [0, 0.05) is 49.4 Å². The number of benzene rings is 3. The summed E-state index contributed by atoms with van der Waals surface area (Å²) in [5, 5.41) is 13.4. The number of aromatic nitrogens is 1. The van der Waals surface area contributed by atoms with Crippen LogP contribution in [0.2, 0.25) is 0 Å². The summed E-state index contributed by atoms with van der Waals surface area (Å²) < 4.78 is 31.1. The van der Waals surface area contributed by atoms with Crippen molar-refractivity contribution in [2.24, 2.45) is 0 Å². The van der Waals surface area contributed by atoms with E-state index in [0.29, 0.717) is 22.8 Å². The lowest BCUT2D eigenvalue weighted by Crippen LogP contribution is -2.44. The van der Waals surface area contributed by atoms with E-state index >= 15 is 0 Å². The molecular weight excluding hydrogens is 488 g/mol. The van der Waals surface area contributed by atoms with Gasteiger partial charge in [0.1, 0.15) is 5.52 Å². The molecule has 0 bridgehead atoms. The number of rotatable bonds is 5. The van der Waals surface area contributed by atoms with Crippen molar-refractivity contribution < 1.29 is 17.9 Å². The van der Waals surface area contributed by atoms with E-state index in [0.717, 1.165) is 67.0 Å². The van der Waals surface area contributed by atoms with E-state index in [1.807, 2.05) is 36.4 Å². The average Bonchev–Trinajstić information content (AvgIpc) is 3.46. The molecule has 0 saturated carbocycles. The van der Waals surface area contributed by atoms with Crippen LogP contribution in [0.15, 0.2) is 63.9 Å². The fraction of sp³-hybridized carbons (Fsp3) is 0.321. The first-order chi connectivity index (χ1) is 17.7. The first-order valence-corrected chi connectivity index (χ1v) is 14.4. The maximum Gasteiger partial charge on any atom is 0.300 e. The number of piperazine rings is 1. The van der Waals surface area contributed by atoms with Crippen LogP contribution in [-0.2, 0) is 16.3 Å². The van der Waals surface area contributed by atoms with Crippen molar-refractivity contribution >= 4 is 38.3 Å². The molecule has 0 spiro atoms. The highest BCUT2D eigenvalue weighted by molar-refractivity contribution is 7.90. The molecule has 2 aliphatic rings. The molecule has 1 aromatic heterocycles. The molecule has 2 heterocycles. The van der Waals surface area contributed by atoms with Crippen molar-refractivity contribution in [2.75, 3.05) is 49.7 Å². The molecule has 1 fully saturated rings. The van der Waals surface area contributed by atoms with Crippen LogP contribution in [0.3, 0.4) is 0 Å². The number of sulfone groups is 1. The van der Waals surface area contributed by atoms with Crippen molar-refractivity contribution in [2.45, 2.75) is 23.8 Å². The number of aliphatic hydroxyl groups excluding tert-OH is 1. The predicted molar refractivity (Wildman–Crippen MR) is 145 cm³/mol. The molecule has 192 valence electrons. The minimum atomic E-state index is -3.41. The predicted octanol–water partition coefficient (Wildman–Crippen LogP) is 4.37. The van der Waals surface area contributed by atoms with Crippen LogP contribution in [-0.4, -0.2) is 62.9 Å². The number of para-hydroxylation sites is 1. The molecule has 9 heteroatoms. The number of nitrogens with one attached hydrogen (secondary N) is 1. The second-order valence-corrected chi connectivity index (χ2v) is 12.1. The van der Waals surface area contributed by atoms with Gasteiger partial charge in [-0.2, -0.15) is 4.98 Å². The molecule has 2 N–H and O–H groups in total. The monoisotopic (exact) mass is 518 g/mol. The molecule has 6 rings (SSSR count). The van der Waals surface area contributed by atoms with E-state index in [4.69, 9.17) is 4.42 Å². The molecule has 1 atom stereocenters. The average molecular weight is 519 g/mol. The first-order valence-electron chi connectivity index (χ1n) is 12.5. The third-order valence-electron chi connectivity index (χ3n) is 7.35. The summed E-state index contributed by atoms with van der Waals surface area (Å²) in [6.45, 7) is 3.49. The third-order valence-corrected chi connectivity index (χ3v) is 8.45. The number of anilines is 3. The second kappa shape index (κ2) is 9.16. The Morgan fingerprint density at radius 1 is 1.05 bits per heavy atom. The van der Waals surface area contributed by atoms with Crippen LogP contribution >= 0.6 is 0 Å². The highest BCUT2D eigenvalue weighted by Crippen LogP contribution is 2.37. The minimum Gasteiger partial charge on any atom is -0.423 e. The zero-order valence-electron chi connectivity index (χ0n) is 20.9. The molecule has 0 amide bonds. The lowest BCUT2D eigenvalue weighted by molar-refractivity contribution is 0.180. The normalized spacial score (nSPS) is 18.4. The third kappa shape index (κ3) is 4.70. The van der Waals surface area contributed by atoms with Crippen molar-refractivity contribution in [3.63, 3.8) is 0 Å². The number of hydrogen-bond donors (Lipinski definition) is 2. The summed E-state index contributed by atoms with van der Waals surface area (Å²) in [5.41, 5.74) is 6.92. The SMILES string of the molecule is CN1CCN(c2cc(Nc3nc4cccc(-c5ccc6c(c5)CCC6O)c4o3)cc(S(C)(=O)=O)c2)CC1. The Balaban J connectivity index is 1.35. The number of aryl methyl sites for hydroxylation is 1. The van der Waals surface area contributed by atoms with Gasteiger partial charge in [0.15, 0.2) is 15.4 Å². The minimum absolute atomic E-state index is 0.253. The maximum absolute atomic E-state index is 12.5. The largest absolute Gasteiger partial charge is 0.423 e. The highest BCUT2D eigenvalue weighted by Gasteiger charge is 2.22. The first kappa shape index (κ1) is 24.0. The highest BCUT2D eigenvalue weighted by atomic mass is 32.2. The topological polar surface area (TPSA) is 98.9 Å². The van der Waals surface area contributed by atoms with Gasteiger partial charge in [-0.25, -0.2) is 8.42 Å². The number of likely N-dealkylation sites (N-methyl/N-ethyl adjacent to an activating group) is 1. The summed E-state index contributed by atoms with van der Waals surface area (Å²) in [6.07, 6.45) is 2.44. The van der Waals surface area contributed by atoms with Crippen molar-refractivity contribution in [1.82, 2.24) is 9.88 Å². The van der Waals surface area contributed by atoms with E-state index in [1.54, 1.807) is 12.1 Å². The lowest BCUT2D eigenvalue weighted by atomic mass is 9.99. The molecule has 1 saturated heterocycles. The molecule has 4 aromatic rings. The van der Waals surface area contributed by atoms with Crippen LogP contribution in [0.1, 0.15) is 23.7 Å². The lowest BCUT2D eigenvalue weighted by Gasteiger charge is -2.34. The van der Waals surface area contributed by atoms with Crippen LogP contribution in [0.4, 0.5) is 17.4 Å². The molecule has 3 aromatic carbocycles. The van der Waals surface area contributed by atoms with Gasteiger partial charge in [-0.1, -0.05) is 30.3 Å². The Morgan fingerprint density at radius 2 is 1.86 bits per heavy atom. The number of fused-ring (bicyclic) bond motifs is 2. The fourth-order valence-electron chi connectivity index (χ4n) is 5.23. The van der Waals surface area contributed by atoms with Gasteiger partial charge in [0.25, 0.3) is 6.01 Å². The Morgan fingerprint density at radius 3 is 2.65 bits per heavy atom. The number of hydrogen-bond acceptors (Lipinski definition) is 8. The van der Waals surface area contributed by atoms with E-state index in [1.165, 1.54) is 6.26 Å². The molecular formula is C28H30N4O4S. The zero-order valence-corrected chi connectivity index (χ0v) is 21.8. The Bertz CT molecular complexity index is 1590. The number of nitrogens with zero attached hydrogens (tertiary/aromatic N) is 3.